The summed E-state index contributed by atoms with van der Waals surface area (Å²) in [5.74, 6) is 1.09. The molecule has 0 aromatic carbocycles. The van der Waals surface area contributed by atoms with Crippen LogP contribution < -0.4 is 10.6 Å². The van der Waals surface area contributed by atoms with Gasteiger partial charge in [-0.2, -0.15) is 0 Å². The van der Waals surface area contributed by atoms with Gasteiger partial charge in [-0.05, 0) is 12.8 Å². The Labute approximate surface area is 199 Å². The summed E-state index contributed by atoms with van der Waals surface area (Å²) in [4.78, 5) is 20.6. The smallest absolute Gasteiger partial charge is 0.243 e. The van der Waals surface area contributed by atoms with E-state index in [1.54, 1.807) is 19.0 Å². The first-order valence-electron chi connectivity index (χ1n) is 11.0. The van der Waals surface area contributed by atoms with Gasteiger partial charge in [0.2, 0.25) is 5.91 Å². The third-order valence-electron chi connectivity index (χ3n) is 6.75. The van der Waals surface area contributed by atoms with Crippen molar-refractivity contribution in [3.8, 4) is 0 Å². The minimum Gasteiger partial charge on any atom is -0.380 e. The van der Waals surface area contributed by atoms with Crippen LogP contribution in [0.3, 0.4) is 0 Å². The lowest BCUT2D eigenvalue weighted by atomic mass is 9.53. The first kappa shape index (κ1) is 27.4. The predicted octanol–water partition coefficient (Wildman–Crippen LogP) is 1.40. The summed E-state index contributed by atoms with van der Waals surface area (Å²) < 4.78 is 11.2. The molecule has 1 aliphatic carbocycles. The van der Waals surface area contributed by atoms with Crippen LogP contribution in [0.1, 0.15) is 33.6 Å². The molecule has 1 saturated heterocycles. The molecule has 0 aromatic heterocycles. The Hall–Kier alpha value is -0.650. The summed E-state index contributed by atoms with van der Waals surface area (Å²) in [6, 6.07) is 0.270. The van der Waals surface area contributed by atoms with E-state index >= 15 is 0 Å². The molecule has 2 rings (SSSR count). The van der Waals surface area contributed by atoms with Gasteiger partial charge in [-0.1, -0.05) is 20.8 Å². The van der Waals surface area contributed by atoms with E-state index in [4.69, 9.17) is 9.47 Å². The molecule has 0 spiro atoms. The number of likely N-dealkylation sites (N-methyl/N-ethyl adjacent to an activating group) is 1. The van der Waals surface area contributed by atoms with E-state index in [0.29, 0.717) is 11.9 Å². The molecule has 9 heteroatoms. The number of nitrogens with zero attached hydrogens (tertiary/aromatic N) is 3. The quantitative estimate of drug-likeness (QED) is 0.262. The van der Waals surface area contributed by atoms with Gasteiger partial charge in [-0.3, -0.25) is 9.69 Å². The maximum Gasteiger partial charge on any atom is 0.243 e. The number of aliphatic imine (C=N–C) groups is 1. The lowest BCUT2D eigenvalue weighted by Crippen LogP contribution is -2.71. The van der Waals surface area contributed by atoms with Crippen LogP contribution in [-0.4, -0.2) is 101 Å². The molecule has 176 valence electrons. The van der Waals surface area contributed by atoms with Gasteiger partial charge in [0.1, 0.15) is 6.54 Å². The summed E-state index contributed by atoms with van der Waals surface area (Å²) in [7, 11) is 5.32. The highest BCUT2D eigenvalue weighted by Gasteiger charge is 2.58. The number of hydrogen-bond donors (Lipinski definition) is 2. The SMILES string of the molecule is CCC1(CC)C(NC(=NCC(=O)N(C)C)NCCN2CCOCC2)C(C)C1OC.I. The molecule has 8 nitrogen and oxygen atoms in total. The third kappa shape index (κ3) is 6.43. The van der Waals surface area contributed by atoms with Crippen molar-refractivity contribution in [3.05, 3.63) is 0 Å². The first-order valence-corrected chi connectivity index (χ1v) is 11.0. The third-order valence-corrected chi connectivity index (χ3v) is 6.75. The fourth-order valence-corrected chi connectivity index (χ4v) is 4.84. The molecular formula is C21H42IN5O3. The van der Waals surface area contributed by atoms with Gasteiger partial charge in [-0.25, -0.2) is 4.99 Å². The van der Waals surface area contributed by atoms with E-state index in [9.17, 15) is 4.79 Å². The van der Waals surface area contributed by atoms with Crippen molar-refractivity contribution < 1.29 is 14.3 Å². The molecule has 2 N–H and O–H groups in total. The van der Waals surface area contributed by atoms with Crippen LogP contribution in [-0.2, 0) is 14.3 Å². The zero-order chi connectivity index (χ0) is 21.4. The lowest BCUT2D eigenvalue weighted by molar-refractivity contribution is -0.163. The van der Waals surface area contributed by atoms with Crippen LogP contribution in [0, 0.1) is 11.3 Å². The van der Waals surface area contributed by atoms with Gasteiger partial charge in [0.25, 0.3) is 0 Å². The summed E-state index contributed by atoms with van der Waals surface area (Å²) in [6.45, 7) is 12.1. The number of ether oxygens (including phenoxy) is 2. The lowest BCUT2D eigenvalue weighted by Gasteiger charge is -2.60. The molecular weight excluding hydrogens is 497 g/mol. The fraction of sp³-hybridized carbons (Fsp3) is 0.905. The molecule has 3 atom stereocenters. The van der Waals surface area contributed by atoms with Crippen molar-refractivity contribution >= 4 is 35.8 Å². The number of rotatable bonds is 9. The maximum atomic E-state index is 12.1. The van der Waals surface area contributed by atoms with Gasteiger partial charge >= 0.3 is 0 Å². The highest BCUT2D eigenvalue weighted by Crippen LogP contribution is 2.52. The van der Waals surface area contributed by atoms with E-state index in [1.807, 2.05) is 7.11 Å². The number of carbonyl (C=O) groups excluding carboxylic acids is 1. The van der Waals surface area contributed by atoms with Crippen LogP contribution in [0.25, 0.3) is 0 Å². The monoisotopic (exact) mass is 539 g/mol. The summed E-state index contributed by atoms with van der Waals surface area (Å²) >= 11 is 0. The van der Waals surface area contributed by atoms with Crippen molar-refractivity contribution in [2.75, 3.05) is 67.1 Å². The Bertz CT molecular complexity index is 551. The van der Waals surface area contributed by atoms with E-state index in [1.165, 1.54) is 0 Å². The minimum absolute atomic E-state index is 0. The van der Waals surface area contributed by atoms with Crippen molar-refractivity contribution in [1.29, 1.82) is 0 Å². The average molecular weight is 540 g/mol. The van der Waals surface area contributed by atoms with E-state index < -0.39 is 0 Å². The van der Waals surface area contributed by atoms with Gasteiger partial charge in [0.05, 0.1) is 19.3 Å². The van der Waals surface area contributed by atoms with Crippen molar-refractivity contribution in [2.45, 2.75) is 45.8 Å². The van der Waals surface area contributed by atoms with E-state index in [2.05, 4.69) is 41.3 Å². The van der Waals surface area contributed by atoms with Crippen LogP contribution in [0.4, 0.5) is 0 Å². The predicted molar refractivity (Wildman–Crippen MR) is 132 cm³/mol. The molecule has 0 bridgehead atoms. The number of nitrogens with one attached hydrogen (secondary N) is 2. The number of methoxy groups -OCH3 is 1. The number of halogens is 1. The fourth-order valence-electron chi connectivity index (χ4n) is 4.84. The molecule has 1 aliphatic heterocycles. The molecule has 0 radical (unpaired) electrons. The average Bonchev–Trinajstić information content (AvgIpc) is 2.73. The summed E-state index contributed by atoms with van der Waals surface area (Å²) in [5, 5.41) is 7.08. The van der Waals surface area contributed by atoms with Crippen LogP contribution in [0.2, 0.25) is 0 Å². The number of carbonyl (C=O) groups is 1. The zero-order valence-corrected chi connectivity index (χ0v) is 21.9. The van der Waals surface area contributed by atoms with Gasteiger partial charge in [0.15, 0.2) is 5.96 Å². The molecule has 0 aromatic rings. The second-order valence-corrected chi connectivity index (χ2v) is 8.41. The molecule has 2 aliphatic rings. The van der Waals surface area contributed by atoms with Gasteiger partial charge < -0.3 is 25.0 Å². The number of amides is 1. The standard InChI is InChI=1S/C21H41N5O3.HI/c1-7-21(8-2)18(16(3)19(21)28-6)24-20(23-15-17(27)25(4)5)22-9-10-26-11-13-29-14-12-26;/h16,18-19H,7-15H2,1-6H3,(H2,22,23,24);1H. The molecule has 1 amide bonds. The van der Waals surface area contributed by atoms with Crippen LogP contribution in [0.5, 0.6) is 0 Å². The number of guanidine groups is 1. The first-order chi connectivity index (χ1) is 13.9. The topological polar surface area (TPSA) is 78.4 Å². The molecule has 2 fully saturated rings. The van der Waals surface area contributed by atoms with Crippen molar-refractivity contribution in [3.63, 3.8) is 0 Å². The van der Waals surface area contributed by atoms with Crippen LogP contribution >= 0.6 is 24.0 Å². The van der Waals surface area contributed by atoms with Gasteiger partial charge in [-0.15, -0.1) is 24.0 Å². The second-order valence-electron chi connectivity index (χ2n) is 8.41. The molecule has 3 unspecified atom stereocenters. The number of morpholine rings is 1. The normalized spacial score (nSPS) is 26.3. The van der Waals surface area contributed by atoms with Crippen molar-refractivity contribution in [1.82, 2.24) is 20.4 Å². The Morgan fingerprint density at radius 2 is 1.90 bits per heavy atom. The molecule has 30 heavy (non-hydrogen) atoms. The summed E-state index contributed by atoms with van der Waals surface area (Å²) in [5.41, 5.74) is 0.0897. The van der Waals surface area contributed by atoms with E-state index in [0.717, 1.165) is 52.2 Å². The van der Waals surface area contributed by atoms with Gasteiger partial charge in [0, 0.05) is 64.8 Å². The second kappa shape index (κ2) is 13.0. The largest absolute Gasteiger partial charge is 0.380 e. The van der Waals surface area contributed by atoms with E-state index in [-0.39, 0.29) is 54.0 Å². The molecule has 1 saturated carbocycles. The Balaban J connectivity index is 0.00000450. The minimum atomic E-state index is -0.00653. The Morgan fingerprint density at radius 3 is 2.43 bits per heavy atom. The molecule has 1 heterocycles. The van der Waals surface area contributed by atoms with Crippen LogP contribution in [0.15, 0.2) is 4.99 Å². The Kier molecular flexibility index (Phi) is 11.9. The van der Waals surface area contributed by atoms with Crippen molar-refractivity contribution in [2.24, 2.45) is 16.3 Å². The maximum absolute atomic E-state index is 12.1. The highest BCUT2D eigenvalue weighted by molar-refractivity contribution is 14.0. The summed E-state index contributed by atoms with van der Waals surface area (Å²) in [6.07, 6.45) is 2.33. The zero-order valence-electron chi connectivity index (χ0n) is 19.6. The number of hydrogen-bond acceptors (Lipinski definition) is 5. The Morgan fingerprint density at radius 1 is 1.27 bits per heavy atom. The highest BCUT2D eigenvalue weighted by atomic mass is 127.